The summed E-state index contributed by atoms with van der Waals surface area (Å²) in [4.78, 5) is 14.7. The van der Waals surface area contributed by atoms with Crippen LogP contribution in [-0.4, -0.2) is 30.5 Å². The summed E-state index contributed by atoms with van der Waals surface area (Å²) in [6.45, 7) is 8.34. The molecule has 0 atom stereocenters. The standard InChI is InChI=1S/C25H33BrN2O2/c1-3-20-8-11-24(23(26)17-20)30-16-4-5-25(29)27-22-9-6-21(7-10-22)18-28-14-12-19(2)13-15-28/h6-11,17,19H,3-5,12-16,18H2,1-2H3,(H,27,29). The van der Waals surface area contributed by atoms with E-state index in [1.807, 2.05) is 18.2 Å². The molecule has 5 heteroatoms. The van der Waals surface area contributed by atoms with Crippen molar-refractivity contribution in [2.24, 2.45) is 5.92 Å². The van der Waals surface area contributed by atoms with Crippen molar-refractivity contribution in [2.75, 3.05) is 25.0 Å². The van der Waals surface area contributed by atoms with E-state index in [2.05, 4.69) is 64.3 Å². The van der Waals surface area contributed by atoms with Crippen molar-refractivity contribution in [2.45, 2.75) is 52.5 Å². The van der Waals surface area contributed by atoms with Gasteiger partial charge in [0.15, 0.2) is 0 Å². The number of nitrogens with zero attached hydrogens (tertiary/aromatic N) is 1. The van der Waals surface area contributed by atoms with Crippen molar-refractivity contribution < 1.29 is 9.53 Å². The van der Waals surface area contributed by atoms with Gasteiger partial charge in [-0.1, -0.05) is 32.0 Å². The third kappa shape index (κ3) is 7.13. The lowest BCUT2D eigenvalue weighted by Gasteiger charge is -2.30. The molecule has 4 nitrogen and oxygen atoms in total. The van der Waals surface area contributed by atoms with Crippen LogP contribution >= 0.6 is 15.9 Å². The molecule has 1 amide bonds. The van der Waals surface area contributed by atoms with E-state index in [0.717, 1.165) is 34.8 Å². The van der Waals surface area contributed by atoms with E-state index in [4.69, 9.17) is 4.74 Å². The molecule has 1 N–H and O–H groups in total. The van der Waals surface area contributed by atoms with E-state index in [0.29, 0.717) is 19.4 Å². The lowest BCUT2D eigenvalue weighted by Crippen LogP contribution is -2.32. The largest absolute Gasteiger partial charge is 0.492 e. The van der Waals surface area contributed by atoms with Gasteiger partial charge in [0.2, 0.25) is 5.91 Å². The predicted octanol–water partition coefficient (Wildman–Crippen LogP) is 6.04. The van der Waals surface area contributed by atoms with Crippen LogP contribution in [0.15, 0.2) is 46.9 Å². The van der Waals surface area contributed by atoms with Crippen molar-refractivity contribution >= 4 is 27.5 Å². The molecular weight excluding hydrogens is 440 g/mol. The summed E-state index contributed by atoms with van der Waals surface area (Å²) >= 11 is 3.55. The average molecular weight is 473 g/mol. The Hall–Kier alpha value is -1.85. The normalized spacial score (nSPS) is 15.2. The van der Waals surface area contributed by atoms with Crippen LogP contribution in [0.5, 0.6) is 5.75 Å². The summed E-state index contributed by atoms with van der Waals surface area (Å²) < 4.78 is 6.76. The number of piperidine rings is 1. The molecule has 0 unspecified atom stereocenters. The topological polar surface area (TPSA) is 41.6 Å². The van der Waals surface area contributed by atoms with Gasteiger partial charge in [-0.2, -0.15) is 0 Å². The molecule has 0 bridgehead atoms. The van der Waals surface area contributed by atoms with Gasteiger partial charge < -0.3 is 10.1 Å². The van der Waals surface area contributed by atoms with Crippen LogP contribution in [0.3, 0.4) is 0 Å². The Labute approximate surface area is 189 Å². The minimum absolute atomic E-state index is 0.0248. The van der Waals surface area contributed by atoms with E-state index in [9.17, 15) is 4.79 Å². The molecule has 0 aromatic heterocycles. The van der Waals surface area contributed by atoms with E-state index in [1.165, 1.54) is 37.1 Å². The van der Waals surface area contributed by atoms with E-state index < -0.39 is 0 Å². The van der Waals surface area contributed by atoms with Gasteiger partial charge in [-0.25, -0.2) is 0 Å². The number of likely N-dealkylation sites (tertiary alicyclic amines) is 1. The molecule has 30 heavy (non-hydrogen) atoms. The van der Waals surface area contributed by atoms with Crippen molar-refractivity contribution in [3.05, 3.63) is 58.1 Å². The number of amides is 1. The fraction of sp³-hybridized carbons (Fsp3) is 0.480. The van der Waals surface area contributed by atoms with E-state index in [1.54, 1.807) is 0 Å². The van der Waals surface area contributed by atoms with Crippen molar-refractivity contribution in [1.29, 1.82) is 0 Å². The summed E-state index contributed by atoms with van der Waals surface area (Å²) in [5, 5.41) is 2.99. The Balaban J connectivity index is 1.36. The zero-order valence-electron chi connectivity index (χ0n) is 18.1. The Morgan fingerprint density at radius 3 is 2.50 bits per heavy atom. The molecule has 2 aromatic carbocycles. The van der Waals surface area contributed by atoms with Gasteiger partial charge in [0, 0.05) is 18.7 Å². The van der Waals surface area contributed by atoms with Gasteiger partial charge in [0.1, 0.15) is 5.75 Å². The lowest BCUT2D eigenvalue weighted by molar-refractivity contribution is -0.116. The molecule has 3 rings (SSSR count). The number of nitrogens with one attached hydrogen (secondary N) is 1. The Morgan fingerprint density at radius 2 is 1.83 bits per heavy atom. The van der Waals surface area contributed by atoms with Crippen LogP contribution in [0, 0.1) is 5.92 Å². The van der Waals surface area contributed by atoms with Crippen LogP contribution in [0.4, 0.5) is 5.69 Å². The fourth-order valence-electron chi connectivity index (χ4n) is 3.69. The van der Waals surface area contributed by atoms with Gasteiger partial charge in [-0.05, 0) is 96.0 Å². The second-order valence-corrected chi connectivity index (χ2v) is 9.13. The van der Waals surface area contributed by atoms with Gasteiger partial charge in [-0.3, -0.25) is 9.69 Å². The molecule has 162 valence electrons. The summed E-state index contributed by atoms with van der Waals surface area (Å²) in [5.41, 5.74) is 3.43. The summed E-state index contributed by atoms with van der Waals surface area (Å²) in [6, 6.07) is 14.4. The first-order valence-electron chi connectivity index (χ1n) is 11.1. The van der Waals surface area contributed by atoms with Crippen LogP contribution in [0.1, 0.15) is 50.7 Å². The van der Waals surface area contributed by atoms with Crippen molar-refractivity contribution in [3.63, 3.8) is 0 Å². The first kappa shape index (κ1) is 22.8. The first-order valence-corrected chi connectivity index (χ1v) is 11.8. The van der Waals surface area contributed by atoms with Gasteiger partial charge in [0.05, 0.1) is 11.1 Å². The monoisotopic (exact) mass is 472 g/mol. The lowest BCUT2D eigenvalue weighted by atomic mass is 9.99. The highest BCUT2D eigenvalue weighted by Gasteiger charge is 2.15. The maximum Gasteiger partial charge on any atom is 0.224 e. The third-order valence-electron chi connectivity index (χ3n) is 5.73. The zero-order valence-corrected chi connectivity index (χ0v) is 19.7. The van der Waals surface area contributed by atoms with Crippen LogP contribution in [0.25, 0.3) is 0 Å². The predicted molar refractivity (Wildman–Crippen MR) is 127 cm³/mol. The number of carbonyl (C=O) groups is 1. The number of rotatable bonds is 9. The van der Waals surface area contributed by atoms with Crippen molar-refractivity contribution in [3.8, 4) is 5.75 Å². The molecule has 0 saturated carbocycles. The smallest absolute Gasteiger partial charge is 0.224 e. The molecule has 0 aliphatic carbocycles. The quantitative estimate of drug-likeness (QED) is 0.452. The first-order chi connectivity index (χ1) is 14.5. The summed E-state index contributed by atoms with van der Waals surface area (Å²) in [5.74, 6) is 1.70. The third-order valence-corrected chi connectivity index (χ3v) is 6.35. The Morgan fingerprint density at radius 1 is 1.13 bits per heavy atom. The van der Waals surface area contributed by atoms with E-state index >= 15 is 0 Å². The van der Waals surface area contributed by atoms with Crippen LogP contribution in [0.2, 0.25) is 0 Å². The Bertz CT molecular complexity index is 814. The minimum atomic E-state index is 0.0248. The van der Waals surface area contributed by atoms with Gasteiger partial charge in [-0.15, -0.1) is 0 Å². The Kier molecular flexibility index (Phi) is 8.76. The second-order valence-electron chi connectivity index (χ2n) is 8.27. The molecule has 1 saturated heterocycles. The van der Waals surface area contributed by atoms with Crippen LogP contribution < -0.4 is 10.1 Å². The molecule has 0 spiro atoms. The molecular formula is C25H33BrN2O2. The number of ether oxygens (including phenoxy) is 1. The number of carbonyl (C=O) groups excluding carboxylic acids is 1. The fourth-order valence-corrected chi connectivity index (χ4v) is 4.23. The summed E-state index contributed by atoms with van der Waals surface area (Å²) in [6.07, 6.45) is 4.70. The minimum Gasteiger partial charge on any atom is -0.492 e. The molecule has 1 heterocycles. The SMILES string of the molecule is CCc1ccc(OCCCC(=O)Nc2ccc(CN3CCC(C)CC3)cc2)c(Br)c1. The van der Waals surface area contributed by atoms with Gasteiger partial charge >= 0.3 is 0 Å². The molecule has 1 aliphatic heterocycles. The maximum absolute atomic E-state index is 12.2. The number of anilines is 1. The molecule has 0 radical (unpaired) electrons. The zero-order chi connectivity index (χ0) is 21.3. The van der Waals surface area contributed by atoms with Crippen LogP contribution in [-0.2, 0) is 17.8 Å². The van der Waals surface area contributed by atoms with E-state index in [-0.39, 0.29) is 5.91 Å². The highest BCUT2D eigenvalue weighted by atomic mass is 79.9. The highest BCUT2D eigenvalue weighted by Crippen LogP contribution is 2.26. The molecule has 1 aliphatic rings. The number of benzene rings is 2. The number of hydrogen-bond donors (Lipinski definition) is 1. The highest BCUT2D eigenvalue weighted by molar-refractivity contribution is 9.10. The second kappa shape index (κ2) is 11.5. The van der Waals surface area contributed by atoms with Gasteiger partial charge in [0.25, 0.3) is 0 Å². The maximum atomic E-state index is 12.2. The molecule has 1 fully saturated rings. The number of hydrogen-bond acceptors (Lipinski definition) is 3. The number of aryl methyl sites for hydroxylation is 1. The summed E-state index contributed by atoms with van der Waals surface area (Å²) in [7, 11) is 0. The number of halogens is 1. The average Bonchev–Trinajstić information content (AvgIpc) is 2.75. The van der Waals surface area contributed by atoms with Crippen molar-refractivity contribution in [1.82, 2.24) is 4.90 Å². The molecule has 2 aromatic rings.